The zero-order valence-corrected chi connectivity index (χ0v) is 10.1. The zero-order valence-electron chi connectivity index (χ0n) is 9.32. The quantitative estimate of drug-likeness (QED) is 0.854. The smallest absolute Gasteiger partial charge is 0.107 e. The van der Waals surface area contributed by atoms with Crippen molar-refractivity contribution in [3.05, 3.63) is 16.1 Å². The molecule has 84 valence electrons. The number of nitrogens with one attached hydrogen (secondary N) is 1. The lowest BCUT2D eigenvalue weighted by Crippen LogP contribution is -2.28. The maximum atomic E-state index is 5.31. The lowest BCUT2D eigenvalue weighted by atomic mass is 10.2. The third-order valence-corrected chi connectivity index (χ3v) is 3.91. The van der Waals surface area contributed by atoms with Crippen LogP contribution >= 0.6 is 11.3 Å². The van der Waals surface area contributed by atoms with Crippen LogP contribution in [0.5, 0.6) is 0 Å². The largest absolute Gasteiger partial charge is 0.380 e. The van der Waals surface area contributed by atoms with Crippen molar-refractivity contribution in [2.24, 2.45) is 0 Å². The molecule has 0 spiro atoms. The van der Waals surface area contributed by atoms with E-state index < -0.39 is 0 Å². The van der Waals surface area contributed by atoms with Crippen LogP contribution in [-0.4, -0.2) is 24.2 Å². The Morgan fingerprint density at radius 2 is 2.53 bits per heavy atom. The molecule has 1 aliphatic heterocycles. The molecular formula is C11H18N2OS. The molecule has 0 amide bonds. The second-order valence-corrected chi connectivity index (χ2v) is 5.40. The molecule has 4 heteroatoms. The summed E-state index contributed by atoms with van der Waals surface area (Å²) in [6, 6.07) is 0.524. The summed E-state index contributed by atoms with van der Waals surface area (Å²) in [5.74, 6) is 0.589. The van der Waals surface area contributed by atoms with Crippen molar-refractivity contribution in [3.8, 4) is 0 Å². The molecule has 0 radical (unpaired) electrons. The van der Waals surface area contributed by atoms with Crippen molar-refractivity contribution >= 4 is 11.3 Å². The van der Waals surface area contributed by atoms with Crippen LogP contribution in [-0.2, 0) is 11.3 Å². The van der Waals surface area contributed by atoms with Gasteiger partial charge in [-0.25, -0.2) is 4.98 Å². The van der Waals surface area contributed by atoms with Gasteiger partial charge in [0.15, 0.2) is 0 Å². The molecule has 1 saturated heterocycles. The van der Waals surface area contributed by atoms with Gasteiger partial charge in [0.1, 0.15) is 5.01 Å². The van der Waals surface area contributed by atoms with E-state index in [1.165, 1.54) is 9.88 Å². The van der Waals surface area contributed by atoms with Gasteiger partial charge in [0, 0.05) is 30.3 Å². The molecule has 3 nitrogen and oxygen atoms in total. The van der Waals surface area contributed by atoms with Crippen LogP contribution in [0.3, 0.4) is 0 Å². The Bertz CT molecular complexity index is 305. The molecule has 0 bridgehead atoms. The van der Waals surface area contributed by atoms with Crippen molar-refractivity contribution in [1.82, 2.24) is 10.3 Å². The first-order chi connectivity index (χ1) is 7.25. The van der Waals surface area contributed by atoms with Gasteiger partial charge in [-0.15, -0.1) is 11.3 Å². The summed E-state index contributed by atoms with van der Waals surface area (Å²) >= 11 is 1.81. The Balaban J connectivity index is 1.82. The van der Waals surface area contributed by atoms with E-state index in [-0.39, 0.29) is 0 Å². The van der Waals surface area contributed by atoms with Crippen LogP contribution in [0.25, 0.3) is 0 Å². The number of rotatable bonds is 4. The Kier molecular flexibility index (Phi) is 3.72. The molecule has 1 N–H and O–H groups in total. The minimum atomic E-state index is 0.524. The first-order valence-electron chi connectivity index (χ1n) is 5.51. The minimum absolute atomic E-state index is 0.524. The third kappa shape index (κ3) is 3.00. The predicted molar refractivity (Wildman–Crippen MR) is 62.3 cm³/mol. The van der Waals surface area contributed by atoms with Crippen molar-refractivity contribution in [2.75, 3.05) is 13.2 Å². The maximum Gasteiger partial charge on any atom is 0.107 e. The topological polar surface area (TPSA) is 34.2 Å². The zero-order chi connectivity index (χ0) is 10.7. The normalized spacial score (nSPS) is 21.4. The standard InChI is InChI=1S/C11H18N2OS/c1-8(2)10-5-13-11(15-10)6-12-9-3-4-14-7-9/h5,8-9,12H,3-4,6-7H2,1-2H3. The summed E-state index contributed by atoms with van der Waals surface area (Å²) < 4.78 is 5.31. The highest BCUT2D eigenvalue weighted by Gasteiger charge is 2.15. The van der Waals surface area contributed by atoms with Gasteiger partial charge in [-0.2, -0.15) is 0 Å². The molecule has 1 aliphatic rings. The summed E-state index contributed by atoms with van der Waals surface area (Å²) in [4.78, 5) is 5.78. The molecule has 1 aromatic rings. The molecule has 0 aromatic carbocycles. The van der Waals surface area contributed by atoms with E-state index in [4.69, 9.17) is 4.74 Å². The van der Waals surface area contributed by atoms with Crippen molar-refractivity contribution in [3.63, 3.8) is 0 Å². The first kappa shape index (κ1) is 11.0. The van der Waals surface area contributed by atoms with Gasteiger partial charge in [-0.05, 0) is 12.3 Å². The first-order valence-corrected chi connectivity index (χ1v) is 6.33. The average Bonchev–Trinajstić information content (AvgIpc) is 2.86. The highest BCUT2D eigenvalue weighted by Crippen LogP contribution is 2.21. The molecule has 0 saturated carbocycles. The number of ether oxygens (including phenoxy) is 1. The minimum Gasteiger partial charge on any atom is -0.380 e. The number of hydrogen-bond acceptors (Lipinski definition) is 4. The van der Waals surface area contributed by atoms with Gasteiger partial charge >= 0.3 is 0 Å². The fraction of sp³-hybridized carbons (Fsp3) is 0.727. The highest BCUT2D eigenvalue weighted by atomic mass is 32.1. The van der Waals surface area contributed by atoms with Crippen LogP contribution in [0.2, 0.25) is 0 Å². The monoisotopic (exact) mass is 226 g/mol. The molecule has 2 rings (SSSR count). The fourth-order valence-corrected chi connectivity index (χ4v) is 2.47. The molecule has 2 heterocycles. The number of nitrogens with zero attached hydrogens (tertiary/aromatic N) is 1. The average molecular weight is 226 g/mol. The van der Waals surface area contributed by atoms with Gasteiger partial charge in [0.2, 0.25) is 0 Å². The van der Waals surface area contributed by atoms with Crippen LogP contribution in [0.1, 0.15) is 36.1 Å². The SMILES string of the molecule is CC(C)c1cnc(CNC2CCOC2)s1. The summed E-state index contributed by atoms with van der Waals surface area (Å²) in [6.07, 6.45) is 3.12. The van der Waals surface area contributed by atoms with Gasteiger partial charge in [0.25, 0.3) is 0 Å². The summed E-state index contributed by atoms with van der Waals surface area (Å²) in [5.41, 5.74) is 0. The number of hydrogen-bond donors (Lipinski definition) is 1. The molecule has 1 aromatic heterocycles. The van der Waals surface area contributed by atoms with Crippen molar-refractivity contribution in [2.45, 2.75) is 38.8 Å². The molecule has 1 atom stereocenters. The van der Waals surface area contributed by atoms with E-state index >= 15 is 0 Å². The predicted octanol–water partition coefficient (Wildman–Crippen LogP) is 2.15. The van der Waals surface area contributed by atoms with Crippen molar-refractivity contribution < 1.29 is 4.74 Å². The molecule has 15 heavy (non-hydrogen) atoms. The van der Waals surface area contributed by atoms with Gasteiger partial charge in [-0.1, -0.05) is 13.8 Å². The second kappa shape index (κ2) is 5.05. The lowest BCUT2D eigenvalue weighted by Gasteiger charge is -2.07. The lowest BCUT2D eigenvalue weighted by molar-refractivity contribution is 0.190. The summed E-state index contributed by atoms with van der Waals surface area (Å²) in [6.45, 7) is 7.03. The third-order valence-electron chi connectivity index (χ3n) is 2.61. The van der Waals surface area contributed by atoms with E-state index in [1.54, 1.807) is 0 Å². The fourth-order valence-electron chi connectivity index (χ4n) is 1.60. The molecule has 1 fully saturated rings. The molecule has 1 unspecified atom stereocenters. The van der Waals surface area contributed by atoms with E-state index in [9.17, 15) is 0 Å². The number of aromatic nitrogens is 1. The van der Waals surface area contributed by atoms with E-state index in [2.05, 4.69) is 24.1 Å². The second-order valence-electron chi connectivity index (χ2n) is 4.25. The Morgan fingerprint density at radius 3 is 3.13 bits per heavy atom. The molecular weight excluding hydrogens is 208 g/mol. The summed E-state index contributed by atoms with van der Waals surface area (Å²) in [7, 11) is 0. The maximum absolute atomic E-state index is 5.31. The van der Waals surface area contributed by atoms with E-state index in [0.29, 0.717) is 12.0 Å². The van der Waals surface area contributed by atoms with Crippen LogP contribution in [0.15, 0.2) is 6.20 Å². The highest BCUT2D eigenvalue weighted by molar-refractivity contribution is 7.11. The van der Waals surface area contributed by atoms with Gasteiger partial charge < -0.3 is 10.1 Å². The van der Waals surface area contributed by atoms with E-state index in [0.717, 1.165) is 26.2 Å². The van der Waals surface area contributed by atoms with Crippen LogP contribution in [0.4, 0.5) is 0 Å². The van der Waals surface area contributed by atoms with E-state index in [1.807, 2.05) is 17.5 Å². The Labute approximate surface area is 94.9 Å². The van der Waals surface area contributed by atoms with Gasteiger partial charge in [0.05, 0.1) is 6.61 Å². The van der Waals surface area contributed by atoms with Crippen molar-refractivity contribution in [1.29, 1.82) is 0 Å². The molecule has 0 aliphatic carbocycles. The Hall–Kier alpha value is -0.450. The Morgan fingerprint density at radius 1 is 1.67 bits per heavy atom. The number of thiazole rings is 1. The van der Waals surface area contributed by atoms with Gasteiger partial charge in [-0.3, -0.25) is 0 Å². The summed E-state index contributed by atoms with van der Waals surface area (Å²) in [5, 5.41) is 4.66. The van der Waals surface area contributed by atoms with Crippen LogP contribution in [0, 0.1) is 0 Å². The van der Waals surface area contributed by atoms with Crippen LogP contribution < -0.4 is 5.32 Å².